The van der Waals surface area contributed by atoms with Crippen LogP contribution in [0.15, 0.2) is 41.8 Å². The maximum absolute atomic E-state index is 12.9. The molecule has 1 aliphatic rings. The van der Waals surface area contributed by atoms with E-state index in [2.05, 4.69) is 36.5 Å². The highest BCUT2D eigenvalue weighted by molar-refractivity contribution is 7.09. The molecule has 4 heteroatoms. The lowest BCUT2D eigenvalue weighted by atomic mass is 9.73. The normalized spacial score (nSPS) is 17.1. The Labute approximate surface area is 135 Å². The maximum atomic E-state index is 12.9. The van der Waals surface area contributed by atoms with Crippen molar-refractivity contribution in [3.63, 3.8) is 0 Å². The van der Waals surface area contributed by atoms with Gasteiger partial charge in [0.15, 0.2) is 0 Å². The van der Waals surface area contributed by atoms with E-state index >= 15 is 0 Å². The van der Waals surface area contributed by atoms with Crippen molar-refractivity contribution in [2.75, 3.05) is 13.2 Å². The van der Waals surface area contributed by atoms with E-state index in [1.807, 2.05) is 17.5 Å². The lowest BCUT2D eigenvalue weighted by Crippen LogP contribution is -2.47. The van der Waals surface area contributed by atoms with Crippen LogP contribution >= 0.6 is 11.3 Å². The van der Waals surface area contributed by atoms with Crippen molar-refractivity contribution >= 4 is 17.2 Å². The van der Waals surface area contributed by atoms with Crippen molar-refractivity contribution in [3.8, 4) is 0 Å². The number of hydrogen-bond donors (Lipinski definition) is 1. The standard InChI is InChI=1S/C18H21NO2S/c1-14-4-6-15(7-5-14)18(8-10-21-11-9-18)17(20)19-13-16-3-2-12-22-16/h2-7,12H,8-11,13H2,1H3,(H,19,20). The summed E-state index contributed by atoms with van der Waals surface area (Å²) in [5, 5.41) is 5.16. The molecule has 0 bridgehead atoms. The van der Waals surface area contributed by atoms with Crippen LogP contribution in [0.2, 0.25) is 0 Å². The summed E-state index contributed by atoms with van der Waals surface area (Å²) in [5.74, 6) is 0.119. The smallest absolute Gasteiger partial charge is 0.231 e. The first-order valence-electron chi connectivity index (χ1n) is 7.66. The minimum Gasteiger partial charge on any atom is -0.381 e. The summed E-state index contributed by atoms with van der Waals surface area (Å²) in [6, 6.07) is 12.4. The molecule has 1 saturated heterocycles. The van der Waals surface area contributed by atoms with Crippen molar-refractivity contribution in [2.24, 2.45) is 0 Å². The van der Waals surface area contributed by atoms with Crippen LogP contribution in [0.5, 0.6) is 0 Å². The van der Waals surface area contributed by atoms with Gasteiger partial charge in [-0.25, -0.2) is 0 Å². The lowest BCUT2D eigenvalue weighted by Gasteiger charge is -2.36. The average Bonchev–Trinajstić information content (AvgIpc) is 3.07. The predicted molar refractivity (Wildman–Crippen MR) is 89.1 cm³/mol. The van der Waals surface area contributed by atoms with Crippen LogP contribution in [-0.4, -0.2) is 19.1 Å². The molecular weight excluding hydrogens is 294 g/mol. The molecule has 2 aromatic rings. The zero-order chi connectivity index (χ0) is 15.4. The number of nitrogens with one attached hydrogen (secondary N) is 1. The number of thiophene rings is 1. The second-order valence-electron chi connectivity index (χ2n) is 5.82. The van der Waals surface area contributed by atoms with Crippen molar-refractivity contribution in [3.05, 3.63) is 57.8 Å². The van der Waals surface area contributed by atoms with Gasteiger partial charge in [-0.05, 0) is 36.8 Å². The molecule has 116 valence electrons. The molecule has 1 aromatic carbocycles. The van der Waals surface area contributed by atoms with Crippen molar-refractivity contribution in [2.45, 2.75) is 31.7 Å². The van der Waals surface area contributed by atoms with Crippen LogP contribution in [0.4, 0.5) is 0 Å². The highest BCUT2D eigenvalue weighted by Crippen LogP contribution is 2.35. The summed E-state index contributed by atoms with van der Waals surface area (Å²) in [6.07, 6.45) is 1.48. The minimum atomic E-state index is -0.455. The van der Waals surface area contributed by atoms with Crippen molar-refractivity contribution in [1.82, 2.24) is 5.32 Å². The monoisotopic (exact) mass is 315 g/mol. The molecule has 3 rings (SSSR count). The Hall–Kier alpha value is -1.65. The van der Waals surface area contributed by atoms with E-state index in [-0.39, 0.29) is 5.91 Å². The summed E-state index contributed by atoms with van der Waals surface area (Å²) in [6.45, 7) is 3.95. The number of ether oxygens (including phenoxy) is 1. The number of aryl methyl sites for hydroxylation is 1. The van der Waals surface area contributed by atoms with Gasteiger partial charge in [0, 0.05) is 18.1 Å². The van der Waals surface area contributed by atoms with Gasteiger partial charge in [0.05, 0.1) is 12.0 Å². The molecule has 1 aliphatic heterocycles. The van der Waals surface area contributed by atoms with Crippen LogP contribution in [0, 0.1) is 6.92 Å². The average molecular weight is 315 g/mol. The molecule has 0 spiro atoms. The molecule has 22 heavy (non-hydrogen) atoms. The van der Waals surface area contributed by atoms with E-state index in [1.54, 1.807) is 11.3 Å². The lowest BCUT2D eigenvalue weighted by molar-refractivity contribution is -0.130. The molecule has 0 unspecified atom stereocenters. The van der Waals surface area contributed by atoms with Crippen LogP contribution in [0.3, 0.4) is 0 Å². The molecule has 1 amide bonds. The molecule has 1 aromatic heterocycles. The Morgan fingerprint density at radius 1 is 1.23 bits per heavy atom. The third-order valence-electron chi connectivity index (χ3n) is 4.39. The number of rotatable bonds is 4. The number of benzene rings is 1. The van der Waals surface area contributed by atoms with Crippen LogP contribution < -0.4 is 5.32 Å². The number of hydrogen-bond acceptors (Lipinski definition) is 3. The van der Waals surface area contributed by atoms with E-state index in [0.717, 1.165) is 18.4 Å². The molecular formula is C18H21NO2S. The quantitative estimate of drug-likeness (QED) is 0.939. The van der Waals surface area contributed by atoms with E-state index < -0.39 is 5.41 Å². The minimum absolute atomic E-state index is 0.119. The molecule has 2 heterocycles. The number of carbonyl (C=O) groups is 1. The zero-order valence-electron chi connectivity index (χ0n) is 12.8. The van der Waals surface area contributed by atoms with Gasteiger partial charge in [-0.1, -0.05) is 35.9 Å². The molecule has 0 atom stereocenters. The fourth-order valence-corrected chi connectivity index (χ4v) is 3.63. The van der Waals surface area contributed by atoms with Crippen molar-refractivity contribution in [1.29, 1.82) is 0 Å². The predicted octanol–water partition coefficient (Wildman–Crippen LogP) is 3.42. The Kier molecular flexibility index (Phi) is 4.60. The van der Waals surface area contributed by atoms with E-state index in [0.29, 0.717) is 19.8 Å². The molecule has 0 saturated carbocycles. The van der Waals surface area contributed by atoms with Crippen LogP contribution in [0.25, 0.3) is 0 Å². The number of carbonyl (C=O) groups excluding carboxylic acids is 1. The first-order valence-corrected chi connectivity index (χ1v) is 8.54. The Morgan fingerprint density at radius 2 is 1.95 bits per heavy atom. The van der Waals surface area contributed by atoms with Gasteiger partial charge in [0.1, 0.15) is 0 Å². The summed E-state index contributed by atoms with van der Waals surface area (Å²) in [5.41, 5.74) is 1.86. The van der Waals surface area contributed by atoms with E-state index in [9.17, 15) is 4.79 Å². The Morgan fingerprint density at radius 3 is 2.59 bits per heavy atom. The molecule has 0 aliphatic carbocycles. The Bertz CT molecular complexity index is 613. The van der Waals surface area contributed by atoms with Crippen LogP contribution in [-0.2, 0) is 21.5 Å². The van der Waals surface area contributed by atoms with Gasteiger partial charge in [-0.15, -0.1) is 11.3 Å². The van der Waals surface area contributed by atoms with Gasteiger partial charge in [0.25, 0.3) is 0 Å². The highest BCUT2D eigenvalue weighted by Gasteiger charge is 2.41. The zero-order valence-corrected chi connectivity index (χ0v) is 13.6. The highest BCUT2D eigenvalue weighted by atomic mass is 32.1. The number of amides is 1. The van der Waals surface area contributed by atoms with E-state index in [1.165, 1.54) is 10.4 Å². The van der Waals surface area contributed by atoms with Gasteiger partial charge in [-0.3, -0.25) is 4.79 Å². The second-order valence-corrected chi connectivity index (χ2v) is 6.85. The Balaban J connectivity index is 1.81. The van der Waals surface area contributed by atoms with Gasteiger partial charge in [-0.2, -0.15) is 0 Å². The SMILES string of the molecule is Cc1ccc(C2(C(=O)NCc3cccs3)CCOCC2)cc1. The first-order chi connectivity index (χ1) is 10.7. The maximum Gasteiger partial charge on any atom is 0.231 e. The van der Waals surface area contributed by atoms with Crippen LogP contribution in [0.1, 0.15) is 28.8 Å². The molecule has 3 nitrogen and oxygen atoms in total. The topological polar surface area (TPSA) is 38.3 Å². The van der Waals surface area contributed by atoms with Gasteiger partial charge >= 0.3 is 0 Å². The summed E-state index contributed by atoms with van der Waals surface area (Å²) in [7, 11) is 0. The summed E-state index contributed by atoms with van der Waals surface area (Å²) in [4.78, 5) is 14.1. The van der Waals surface area contributed by atoms with Gasteiger partial charge < -0.3 is 10.1 Å². The molecule has 1 fully saturated rings. The fourth-order valence-electron chi connectivity index (χ4n) is 2.99. The molecule has 0 radical (unpaired) electrons. The van der Waals surface area contributed by atoms with E-state index in [4.69, 9.17) is 4.74 Å². The largest absolute Gasteiger partial charge is 0.381 e. The first kappa shape index (κ1) is 15.3. The van der Waals surface area contributed by atoms with Crippen molar-refractivity contribution < 1.29 is 9.53 Å². The third-order valence-corrected chi connectivity index (χ3v) is 5.26. The third kappa shape index (κ3) is 3.08. The molecule has 1 N–H and O–H groups in total. The second kappa shape index (κ2) is 6.63. The summed E-state index contributed by atoms with van der Waals surface area (Å²) < 4.78 is 5.49. The van der Waals surface area contributed by atoms with Gasteiger partial charge in [0.2, 0.25) is 5.91 Å². The summed E-state index contributed by atoms with van der Waals surface area (Å²) >= 11 is 1.67. The fraction of sp³-hybridized carbons (Fsp3) is 0.389.